The van der Waals surface area contributed by atoms with Gasteiger partial charge in [-0.2, -0.15) is 0 Å². The van der Waals surface area contributed by atoms with Crippen molar-refractivity contribution in [3.05, 3.63) is 27.4 Å². The highest BCUT2D eigenvalue weighted by molar-refractivity contribution is 5.80. The molecular formula is C22H32N4O2. The van der Waals surface area contributed by atoms with Gasteiger partial charge in [-0.25, -0.2) is 4.98 Å². The molecule has 1 aromatic heterocycles. The molecule has 152 valence electrons. The second-order valence-electron chi connectivity index (χ2n) is 10.5. The van der Waals surface area contributed by atoms with Crippen LogP contribution < -0.4 is 10.9 Å². The molecule has 0 aromatic carbocycles. The van der Waals surface area contributed by atoms with Crippen LogP contribution in [0.25, 0.3) is 0 Å². The molecule has 1 spiro atoms. The zero-order valence-corrected chi connectivity index (χ0v) is 17.3. The summed E-state index contributed by atoms with van der Waals surface area (Å²) in [5.41, 5.74) is 1.75. The largest absolute Gasteiger partial charge is 0.342 e. The summed E-state index contributed by atoms with van der Waals surface area (Å²) in [5.74, 6) is 1.31. The van der Waals surface area contributed by atoms with Gasteiger partial charge in [-0.3, -0.25) is 9.59 Å². The number of aromatic nitrogens is 2. The van der Waals surface area contributed by atoms with Crippen LogP contribution in [-0.4, -0.2) is 45.9 Å². The van der Waals surface area contributed by atoms with Gasteiger partial charge in [0.05, 0.1) is 11.6 Å². The van der Waals surface area contributed by atoms with E-state index in [1.54, 1.807) is 0 Å². The van der Waals surface area contributed by atoms with Crippen molar-refractivity contribution in [1.29, 1.82) is 0 Å². The highest BCUT2D eigenvalue weighted by Crippen LogP contribution is 2.45. The predicted octanol–water partition coefficient (Wildman–Crippen LogP) is 2.01. The number of H-pyrrole nitrogens is 1. The van der Waals surface area contributed by atoms with E-state index in [4.69, 9.17) is 4.98 Å². The second kappa shape index (κ2) is 6.15. The lowest BCUT2D eigenvalue weighted by molar-refractivity contribution is -0.137. The van der Waals surface area contributed by atoms with E-state index in [9.17, 15) is 9.59 Å². The summed E-state index contributed by atoms with van der Waals surface area (Å²) in [5, 5.41) is 3.59. The van der Waals surface area contributed by atoms with Crippen LogP contribution in [-0.2, 0) is 22.0 Å². The van der Waals surface area contributed by atoms with Crippen LogP contribution in [0.15, 0.2) is 4.79 Å². The summed E-state index contributed by atoms with van der Waals surface area (Å²) in [4.78, 5) is 35.8. The van der Waals surface area contributed by atoms with Crippen molar-refractivity contribution in [3.8, 4) is 0 Å². The Labute approximate surface area is 166 Å². The molecule has 3 aliphatic heterocycles. The smallest absolute Gasteiger partial charge is 0.254 e. The van der Waals surface area contributed by atoms with Gasteiger partial charge in [0, 0.05) is 41.6 Å². The number of fused-ring (bicyclic) bond motifs is 4. The molecule has 5 rings (SSSR count). The number of nitrogens with one attached hydrogen (secondary N) is 2. The van der Waals surface area contributed by atoms with Crippen molar-refractivity contribution >= 4 is 5.91 Å². The summed E-state index contributed by atoms with van der Waals surface area (Å²) >= 11 is 0. The quantitative estimate of drug-likeness (QED) is 0.776. The molecule has 0 unspecified atom stereocenters. The van der Waals surface area contributed by atoms with Crippen molar-refractivity contribution in [2.24, 2.45) is 5.92 Å². The Balaban J connectivity index is 1.35. The molecule has 1 aromatic rings. The fraction of sp³-hybridized carbons (Fsp3) is 0.773. The highest BCUT2D eigenvalue weighted by atomic mass is 16.2. The second-order valence-corrected chi connectivity index (χ2v) is 10.5. The minimum Gasteiger partial charge on any atom is -0.342 e. The van der Waals surface area contributed by atoms with Gasteiger partial charge in [0.2, 0.25) is 5.91 Å². The molecule has 3 atom stereocenters. The lowest BCUT2D eigenvalue weighted by Gasteiger charge is -2.41. The lowest BCUT2D eigenvalue weighted by atomic mass is 9.75. The Hall–Kier alpha value is -1.69. The Kier molecular flexibility index (Phi) is 4.03. The van der Waals surface area contributed by atoms with E-state index in [0.29, 0.717) is 18.0 Å². The van der Waals surface area contributed by atoms with Gasteiger partial charge in [0.15, 0.2) is 0 Å². The van der Waals surface area contributed by atoms with Crippen molar-refractivity contribution in [2.75, 3.05) is 13.1 Å². The van der Waals surface area contributed by atoms with Gasteiger partial charge < -0.3 is 15.2 Å². The minimum atomic E-state index is -0.177. The number of aromatic amines is 1. The molecule has 0 radical (unpaired) electrons. The van der Waals surface area contributed by atoms with Gasteiger partial charge in [0.25, 0.3) is 5.56 Å². The van der Waals surface area contributed by atoms with Crippen molar-refractivity contribution in [2.45, 2.75) is 88.6 Å². The summed E-state index contributed by atoms with van der Waals surface area (Å²) in [6, 6.07) is 0.957. The number of hydrogen-bond acceptors (Lipinski definition) is 4. The number of piperidine rings is 1. The van der Waals surface area contributed by atoms with Gasteiger partial charge in [-0.05, 0) is 44.9 Å². The summed E-state index contributed by atoms with van der Waals surface area (Å²) < 4.78 is 0. The highest BCUT2D eigenvalue weighted by Gasteiger charge is 2.48. The van der Waals surface area contributed by atoms with Crippen LogP contribution in [0.2, 0.25) is 0 Å². The Morgan fingerprint density at radius 1 is 1.18 bits per heavy atom. The van der Waals surface area contributed by atoms with Crippen molar-refractivity contribution in [3.63, 3.8) is 0 Å². The van der Waals surface area contributed by atoms with Crippen LogP contribution in [0, 0.1) is 5.92 Å². The van der Waals surface area contributed by atoms with Crippen LogP contribution in [0.4, 0.5) is 0 Å². The normalized spacial score (nSPS) is 30.8. The maximum atomic E-state index is 13.1. The number of nitrogens with zero attached hydrogens (tertiary/aromatic N) is 2. The standard InChI is InChI=1S/C22H32N4O2/c1-21(2,3)20-24-17-14(18(27)25-20)6-7-22(17)8-10-26(11-9-22)19(28)15-12-13-4-5-16(15)23-13/h13,15-16,23H,4-12H2,1-3H3,(H,24,25,27)/t13-,15+,16+/m1/s1. The van der Waals surface area contributed by atoms with Gasteiger partial charge in [0.1, 0.15) is 5.82 Å². The molecule has 2 bridgehead atoms. The first-order chi connectivity index (χ1) is 13.3. The zero-order chi connectivity index (χ0) is 19.7. The van der Waals surface area contributed by atoms with E-state index in [1.165, 1.54) is 6.42 Å². The van der Waals surface area contributed by atoms with E-state index < -0.39 is 0 Å². The lowest BCUT2D eigenvalue weighted by Crippen LogP contribution is -2.48. The topological polar surface area (TPSA) is 78.1 Å². The van der Waals surface area contributed by atoms with E-state index in [1.807, 2.05) is 0 Å². The molecule has 2 N–H and O–H groups in total. The average molecular weight is 385 g/mol. The molecule has 1 amide bonds. The summed E-state index contributed by atoms with van der Waals surface area (Å²) in [6.45, 7) is 7.86. The Bertz CT molecular complexity index is 860. The number of carbonyl (C=O) groups excluding carboxylic acids is 1. The van der Waals surface area contributed by atoms with E-state index in [0.717, 1.165) is 68.7 Å². The molecule has 1 aliphatic carbocycles. The third kappa shape index (κ3) is 2.75. The number of rotatable bonds is 1. The Morgan fingerprint density at radius 3 is 2.54 bits per heavy atom. The van der Waals surface area contributed by atoms with Gasteiger partial charge in [-0.15, -0.1) is 0 Å². The van der Waals surface area contributed by atoms with Crippen molar-refractivity contribution in [1.82, 2.24) is 20.2 Å². The zero-order valence-electron chi connectivity index (χ0n) is 17.3. The molecule has 3 fully saturated rings. The van der Waals surface area contributed by atoms with Crippen LogP contribution in [0.5, 0.6) is 0 Å². The molecule has 3 saturated heterocycles. The first kappa shape index (κ1) is 18.3. The molecule has 0 saturated carbocycles. The van der Waals surface area contributed by atoms with Crippen LogP contribution >= 0.6 is 0 Å². The first-order valence-corrected chi connectivity index (χ1v) is 11.0. The van der Waals surface area contributed by atoms with Crippen molar-refractivity contribution < 1.29 is 4.79 Å². The number of amides is 1. The number of likely N-dealkylation sites (tertiary alicyclic amines) is 1. The molecular weight excluding hydrogens is 352 g/mol. The first-order valence-electron chi connectivity index (χ1n) is 11.0. The fourth-order valence-electron chi connectivity index (χ4n) is 5.98. The molecule has 6 nitrogen and oxygen atoms in total. The van der Waals surface area contributed by atoms with E-state index >= 15 is 0 Å². The van der Waals surface area contributed by atoms with Gasteiger partial charge >= 0.3 is 0 Å². The fourth-order valence-corrected chi connectivity index (χ4v) is 5.98. The maximum absolute atomic E-state index is 13.1. The molecule has 4 aliphatic rings. The van der Waals surface area contributed by atoms with Gasteiger partial charge in [-0.1, -0.05) is 20.8 Å². The number of carbonyl (C=O) groups is 1. The third-order valence-corrected chi connectivity index (χ3v) is 7.73. The van der Waals surface area contributed by atoms with E-state index in [2.05, 4.69) is 36.0 Å². The van der Waals surface area contributed by atoms with Crippen LogP contribution in [0.3, 0.4) is 0 Å². The SMILES string of the molecule is CC(C)(C)c1nc2c(c(=O)[nH]1)CCC21CCN(C(=O)[C@H]2C[C@H]3CC[C@@H]2N3)CC1. The minimum absolute atomic E-state index is 0.0205. The maximum Gasteiger partial charge on any atom is 0.254 e. The molecule has 6 heteroatoms. The predicted molar refractivity (Wildman–Crippen MR) is 107 cm³/mol. The van der Waals surface area contributed by atoms with E-state index in [-0.39, 0.29) is 22.3 Å². The Morgan fingerprint density at radius 2 is 1.93 bits per heavy atom. The monoisotopic (exact) mass is 384 g/mol. The summed E-state index contributed by atoms with van der Waals surface area (Å²) in [7, 11) is 0. The average Bonchev–Trinajstić information content (AvgIpc) is 3.37. The third-order valence-electron chi connectivity index (χ3n) is 7.73. The summed E-state index contributed by atoms with van der Waals surface area (Å²) in [6.07, 6.45) is 7.05. The molecule has 28 heavy (non-hydrogen) atoms. The number of hydrogen-bond donors (Lipinski definition) is 2. The van der Waals surface area contributed by atoms with Crippen LogP contribution in [0.1, 0.15) is 76.4 Å². The molecule has 4 heterocycles.